The number of rotatable bonds is 6. The van der Waals surface area contributed by atoms with Crippen molar-refractivity contribution in [2.75, 3.05) is 37.6 Å². The molecule has 3 heterocycles. The molecule has 0 unspecified atom stereocenters. The predicted octanol–water partition coefficient (Wildman–Crippen LogP) is 2.27. The molecule has 1 aliphatic rings. The Labute approximate surface area is 178 Å². The zero-order chi connectivity index (χ0) is 21.6. The van der Waals surface area contributed by atoms with Crippen LogP contribution in [-0.2, 0) is 4.79 Å². The predicted molar refractivity (Wildman–Crippen MR) is 111 cm³/mol. The van der Waals surface area contributed by atoms with Crippen LogP contribution in [0.5, 0.6) is 0 Å². The molecule has 1 fully saturated rings. The second kappa shape index (κ2) is 9.17. The summed E-state index contributed by atoms with van der Waals surface area (Å²) in [6, 6.07) is 14.4. The Morgan fingerprint density at radius 2 is 1.87 bits per heavy atom. The van der Waals surface area contributed by atoms with Gasteiger partial charge in [0.1, 0.15) is 6.07 Å². The van der Waals surface area contributed by atoms with Crippen LogP contribution in [0.25, 0.3) is 11.7 Å². The summed E-state index contributed by atoms with van der Waals surface area (Å²) < 4.78 is 11.0. The minimum Gasteiger partial charge on any atom is -0.459 e. The Morgan fingerprint density at radius 1 is 1.10 bits per heavy atom. The minimum absolute atomic E-state index is 0.0256. The summed E-state index contributed by atoms with van der Waals surface area (Å²) >= 11 is 0. The van der Waals surface area contributed by atoms with Gasteiger partial charge in [-0.05, 0) is 24.3 Å². The van der Waals surface area contributed by atoms with Crippen molar-refractivity contribution in [3.8, 4) is 17.7 Å². The molecule has 3 aromatic rings. The molecule has 0 aliphatic carbocycles. The molecule has 1 saturated heterocycles. The van der Waals surface area contributed by atoms with E-state index in [1.54, 1.807) is 41.3 Å². The summed E-state index contributed by atoms with van der Waals surface area (Å²) in [6.07, 6.45) is 1.74. The molecule has 31 heavy (non-hydrogen) atoms. The lowest BCUT2D eigenvalue weighted by Gasteiger charge is -2.34. The fraction of sp³-hybridized carbons (Fsp3) is 0.273. The number of carbonyl (C=O) groups excluding carboxylic acids is 2. The smallest absolute Gasteiger partial charge is 0.266 e. The molecular formula is C22H21N5O4. The normalized spacial score (nSPS) is 13.6. The number of hydrogen-bond donors (Lipinski definition) is 1. The van der Waals surface area contributed by atoms with Crippen LogP contribution in [0.15, 0.2) is 57.6 Å². The number of nitriles is 1. The standard InChI is InChI=1S/C22H21N5O4/c23-15-17-22(31-21(25-17)18-7-4-14-30-18)27-12-10-26(11-13-27)19(28)8-9-24-20(29)16-5-2-1-3-6-16/h1-7,14H,8-13H2,(H,24,29). The maximum Gasteiger partial charge on any atom is 0.266 e. The molecule has 0 bridgehead atoms. The number of nitrogens with one attached hydrogen (secondary N) is 1. The zero-order valence-electron chi connectivity index (χ0n) is 16.8. The van der Waals surface area contributed by atoms with E-state index in [0.717, 1.165) is 0 Å². The van der Waals surface area contributed by atoms with E-state index in [2.05, 4.69) is 16.4 Å². The van der Waals surface area contributed by atoms with Gasteiger partial charge >= 0.3 is 0 Å². The number of amides is 2. The number of oxazole rings is 1. The van der Waals surface area contributed by atoms with Crippen LogP contribution in [0.2, 0.25) is 0 Å². The van der Waals surface area contributed by atoms with Crippen molar-refractivity contribution < 1.29 is 18.4 Å². The SMILES string of the molecule is N#Cc1nc(-c2ccco2)oc1N1CCN(C(=O)CCNC(=O)c2ccccc2)CC1. The number of aromatic nitrogens is 1. The molecule has 4 rings (SSSR count). The summed E-state index contributed by atoms with van der Waals surface area (Å²) in [5, 5.41) is 12.2. The molecule has 0 saturated carbocycles. The highest BCUT2D eigenvalue weighted by Crippen LogP contribution is 2.29. The van der Waals surface area contributed by atoms with Crippen LogP contribution in [0.1, 0.15) is 22.5 Å². The molecule has 1 N–H and O–H groups in total. The maximum absolute atomic E-state index is 12.5. The fourth-order valence-electron chi connectivity index (χ4n) is 3.40. The van der Waals surface area contributed by atoms with Crippen LogP contribution in [0, 0.1) is 11.3 Å². The number of furan rings is 1. The first kappa shape index (κ1) is 20.2. The lowest BCUT2D eigenvalue weighted by atomic mass is 10.2. The molecule has 158 valence electrons. The van der Waals surface area contributed by atoms with Crippen molar-refractivity contribution in [2.45, 2.75) is 6.42 Å². The topological polar surface area (TPSA) is 116 Å². The number of hydrogen-bond acceptors (Lipinski definition) is 7. The van der Waals surface area contributed by atoms with E-state index >= 15 is 0 Å². The Hall–Kier alpha value is -4.06. The molecule has 9 nitrogen and oxygen atoms in total. The Bertz CT molecular complexity index is 1080. The van der Waals surface area contributed by atoms with E-state index in [0.29, 0.717) is 43.4 Å². The summed E-state index contributed by atoms with van der Waals surface area (Å²) in [5.41, 5.74) is 0.757. The number of carbonyl (C=O) groups is 2. The first-order valence-electron chi connectivity index (χ1n) is 9.96. The summed E-state index contributed by atoms with van der Waals surface area (Å²) in [4.78, 5) is 32.4. The van der Waals surface area contributed by atoms with E-state index in [4.69, 9.17) is 8.83 Å². The van der Waals surface area contributed by atoms with Gasteiger partial charge in [-0.15, -0.1) is 0 Å². The van der Waals surface area contributed by atoms with E-state index < -0.39 is 0 Å². The molecule has 9 heteroatoms. The number of piperazine rings is 1. The molecule has 2 aromatic heterocycles. The fourth-order valence-corrected chi connectivity index (χ4v) is 3.40. The highest BCUT2D eigenvalue weighted by atomic mass is 16.4. The van der Waals surface area contributed by atoms with Gasteiger partial charge in [0.2, 0.25) is 17.5 Å². The number of nitrogens with zero attached hydrogens (tertiary/aromatic N) is 4. The molecular weight excluding hydrogens is 398 g/mol. The number of anilines is 1. The molecule has 1 aromatic carbocycles. The van der Waals surface area contributed by atoms with Crippen molar-refractivity contribution in [1.29, 1.82) is 5.26 Å². The van der Waals surface area contributed by atoms with Crippen LogP contribution >= 0.6 is 0 Å². The van der Waals surface area contributed by atoms with Gasteiger partial charge in [0, 0.05) is 44.7 Å². The highest BCUT2D eigenvalue weighted by molar-refractivity contribution is 5.94. The third kappa shape index (κ3) is 4.59. The van der Waals surface area contributed by atoms with Crippen molar-refractivity contribution in [3.63, 3.8) is 0 Å². The van der Waals surface area contributed by atoms with Crippen molar-refractivity contribution in [2.24, 2.45) is 0 Å². The summed E-state index contributed by atoms with van der Waals surface area (Å²) in [5.74, 6) is 0.872. The molecule has 1 aliphatic heterocycles. The van der Waals surface area contributed by atoms with E-state index in [-0.39, 0.29) is 36.4 Å². The third-order valence-corrected chi connectivity index (χ3v) is 5.03. The van der Waals surface area contributed by atoms with Gasteiger partial charge in [0.25, 0.3) is 11.8 Å². The monoisotopic (exact) mass is 419 g/mol. The van der Waals surface area contributed by atoms with Crippen LogP contribution < -0.4 is 10.2 Å². The van der Waals surface area contributed by atoms with Gasteiger partial charge < -0.3 is 24.0 Å². The average Bonchev–Trinajstić information content (AvgIpc) is 3.49. The lowest BCUT2D eigenvalue weighted by molar-refractivity contribution is -0.131. The van der Waals surface area contributed by atoms with E-state index in [9.17, 15) is 14.9 Å². The summed E-state index contributed by atoms with van der Waals surface area (Å²) in [6.45, 7) is 2.30. The van der Waals surface area contributed by atoms with E-state index in [1.807, 2.05) is 11.0 Å². The number of benzene rings is 1. The van der Waals surface area contributed by atoms with Gasteiger partial charge in [-0.3, -0.25) is 9.59 Å². The van der Waals surface area contributed by atoms with E-state index in [1.165, 1.54) is 6.26 Å². The largest absolute Gasteiger partial charge is 0.459 e. The highest BCUT2D eigenvalue weighted by Gasteiger charge is 2.27. The summed E-state index contributed by atoms with van der Waals surface area (Å²) in [7, 11) is 0. The third-order valence-electron chi connectivity index (χ3n) is 5.03. The zero-order valence-corrected chi connectivity index (χ0v) is 16.8. The molecule has 0 spiro atoms. The van der Waals surface area contributed by atoms with Crippen LogP contribution in [-0.4, -0.2) is 54.4 Å². The van der Waals surface area contributed by atoms with Gasteiger partial charge in [-0.1, -0.05) is 18.2 Å². The Morgan fingerprint density at radius 3 is 2.55 bits per heavy atom. The average molecular weight is 419 g/mol. The second-order valence-corrected chi connectivity index (χ2v) is 7.00. The van der Waals surface area contributed by atoms with Crippen LogP contribution in [0.4, 0.5) is 5.88 Å². The van der Waals surface area contributed by atoms with Crippen molar-refractivity contribution >= 4 is 17.7 Å². The molecule has 0 atom stereocenters. The van der Waals surface area contributed by atoms with Gasteiger partial charge in [0.05, 0.1) is 6.26 Å². The minimum atomic E-state index is -0.195. The van der Waals surface area contributed by atoms with Gasteiger partial charge in [-0.25, -0.2) is 0 Å². The van der Waals surface area contributed by atoms with Gasteiger partial charge in [0.15, 0.2) is 5.76 Å². The first-order chi connectivity index (χ1) is 15.2. The van der Waals surface area contributed by atoms with Crippen molar-refractivity contribution in [1.82, 2.24) is 15.2 Å². The maximum atomic E-state index is 12.5. The van der Waals surface area contributed by atoms with Crippen molar-refractivity contribution in [3.05, 3.63) is 60.0 Å². The second-order valence-electron chi connectivity index (χ2n) is 7.00. The molecule has 0 radical (unpaired) electrons. The van der Waals surface area contributed by atoms with Crippen LogP contribution in [0.3, 0.4) is 0 Å². The van der Waals surface area contributed by atoms with Gasteiger partial charge in [-0.2, -0.15) is 10.2 Å². The molecule has 2 amide bonds. The Kier molecular flexibility index (Phi) is 5.98. The quantitative estimate of drug-likeness (QED) is 0.652. The lowest BCUT2D eigenvalue weighted by Crippen LogP contribution is -2.49. The Balaban J connectivity index is 1.28. The first-order valence-corrected chi connectivity index (χ1v) is 9.96.